The van der Waals surface area contributed by atoms with Crippen molar-refractivity contribution in [3.8, 4) is 11.4 Å². The van der Waals surface area contributed by atoms with E-state index in [1.54, 1.807) is 36.7 Å². The second-order valence-electron chi connectivity index (χ2n) is 6.36. The van der Waals surface area contributed by atoms with Crippen molar-refractivity contribution in [3.05, 3.63) is 66.0 Å². The summed E-state index contributed by atoms with van der Waals surface area (Å²) in [5.41, 5.74) is 1.39. The summed E-state index contributed by atoms with van der Waals surface area (Å²) in [7, 11) is 0. The van der Waals surface area contributed by atoms with Crippen molar-refractivity contribution in [2.45, 2.75) is 18.8 Å². The standard InChI is InChI=1S/C19H18FN5O/c20-16-5-3-13(4-6-16)17-22-18(24-23-17)14-7-10-25(11-8-14)19(26)15-2-1-9-21-12-15/h1-6,9,12,14H,7-8,10-11H2,(H,22,23,24). The minimum Gasteiger partial charge on any atom is -0.339 e. The summed E-state index contributed by atoms with van der Waals surface area (Å²) in [4.78, 5) is 22.9. The summed E-state index contributed by atoms with van der Waals surface area (Å²) < 4.78 is 13.0. The van der Waals surface area contributed by atoms with Gasteiger partial charge in [0.05, 0.1) is 5.56 Å². The summed E-state index contributed by atoms with van der Waals surface area (Å²) in [6, 6.07) is 9.68. The molecule has 3 aromatic rings. The molecule has 1 N–H and O–H groups in total. The average Bonchev–Trinajstić information content (AvgIpc) is 3.19. The monoisotopic (exact) mass is 351 g/mol. The Bertz CT molecular complexity index is 886. The molecule has 3 heterocycles. The van der Waals surface area contributed by atoms with E-state index >= 15 is 0 Å². The predicted molar refractivity (Wildman–Crippen MR) is 93.9 cm³/mol. The molecule has 0 saturated carbocycles. The Morgan fingerprint density at radius 1 is 1.15 bits per heavy atom. The van der Waals surface area contributed by atoms with Gasteiger partial charge in [0.2, 0.25) is 0 Å². The summed E-state index contributed by atoms with van der Waals surface area (Å²) in [5, 5.41) is 7.24. The Kier molecular flexibility index (Phi) is 4.43. The molecule has 0 unspecified atom stereocenters. The average molecular weight is 351 g/mol. The van der Waals surface area contributed by atoms with Crippen LogP contribution in [0.2, 0.25) is 0 Å². The maximum atomic E-state index is 13.0. The van der Waals surface area contributed by atoms with Gasteiger partial charge in [0.15, 0.2) is 5.82 Å². The second-order valence-corrected chi connectivity index (χ2v) is 6.36. The fourth-order valence-electron chi connectivity index (χ4n) is 3.21. The van der Waals surface area contributed by atoms with Crippen LogP contribution in [0.3, 0.4) is 0 Å². The lowest BCUT2D eigenvalue weighted by molar-refractivity contribution is 0.0710. The molecule has 1 aliphatic rings. The van der Waals surface area contributed by atoms with E-state index in [-0.39, 0.29) is 17.6 Å². The van der Waals surface area contributed by atoms with Gasteiger partial charge < -0.3 is 4.90 Å². The van der Waals surface area contributed by atoms with E-state index in [0.717, 1.165) is 24.2 Å². The molecule has 1 aromatic carbocycles. The van der Waals surface area contributed by atoms with Gasteiger partial charge in [-0.05, 0) is 49.2 Å². The zero-order chi connectivity index (χ0) is 17.9. The molecule has 1 amide bonds. The number of aromatic amines is 1. The van der Waals surface area contributed by atoms with Crippen molar-refractivity contribution in [1.82, 2.24) is 25.1 Å². The van der Waals surface area contributed by atoms with E-state index in [2.05, 4.69) is 20.2 Å². The number of H-pyrrole nitrogens is 1. The molecule has 132 valence electrons. The first-order chi connectivity index (χ1) is 12.7. The quantitative estimate of drug-likeness (QED) is 0.787. The number of carbonyl (C=O) groups excluding carboxylic acids is 1. The Balaban J connectivity index is 1.41. The summed E-state index contributed by atoms with van der Waals surface area (Å²) in [6.07, 6.45) is 4.90. The molecule has 0 bridgehead atoms. The number of carbonyl (C=O) groups is 1. The number of likely N-dealkylation sites (tertiary alicyclic amines) is 1. The van der Waals surface area contributed by atoms with E-state index in [4.69, 9.17) is 0 Å². The maximum Gasteiger partial charge on any atom is 0.255 e. The smallest absolute Gasteiger partial charge is 0.255 e. The van der Waals surface area contributed by atoms with Crippen LogP contribution >= 0.6 is 0 Å². The molecule has 1 fully saturated rings. The summed E-state index contributed by atoms with van der Waals surface area (Å²) >= 11 is 0. The highest BCUT2D eigenvalue weighted by Gasteiger charge is 2.26. The van der Waals surface area contributed by atoms with E-state index < -0.39 is 0 Å². The van der Waals surface area contributed by atoms with Gasteiger partial charge in [-0.3, -0.25) is 14.9 Å². The number of piperidine rings is 1. The van der Waals surface area contributed by atoms with Crippen LogP contribution in [0.4, 0.5) is 4.39 Å². The Morgan fingerprint density at radius 3 is 2.62 bits per heavy atom. The number of halogens is 1. The van der Waals surface area contributed by atoms with E-state index in [1.807, 2.05) is 4.90 Å². The van der Waals surface area contributed by atoms with Gasteiger partial charge in [-0.1, -0.05) is 0 Å². The first-order valence-corrected chi connectivity index (χ1v) is 8.58. The largest absolute Gasteiger partial charge is 0.339 e. The molecular weight excluding hydrogens is 333 g/mol. The van der Waals surface area contributed by atoms with Crippen LogP contribution in [-0.2, 0) is 0 Å². The number of rotatable bonds is 3. The molecule has 4 rings (SSSR count). The van der Waals surface area contributed by atoms with Crippen molar-refractivity contribution in [2.24, 2.45) is 0 Å². The lowest BCUT2D eigenvalue weighted by Gasteiger charge is -2.31. The highest BCUT2D eigenvalue weighted by molar-refractivity contribution is 5.93. The number of hydrogen-bond donors (Lipinski definition) is 1. The number of nitrogens with one attached hydrogen (secondary N) is 1. The number of nitrogens with zero attached hydrogens (tertiary/aromatic N) is 4. The molecule has 0 radical (unpaired) electrons. The summed E-state index contributed by atoms with van der Waals surface area (Å²) in [6.45, 7) is 1.34. The first-order valence-electron chi connectivity index (χ1n) is 8.58. The topological polar surface area (TPSA) is 74.8 Å². The Morgan fingerprint density at radius 2 is 1.92 bits per heavy atom. The second kappa shape index (κ2) is 7.03. The van der Waals surface area contributed by atoms with Crippen molar-refractivity contribution in [2.75, 3.05) is 13.1 Å². The van der Waals surface area contributed by atoms with Crippen LogP contribution in [0.1, 0.15) is 34.9 Å². The lowest BCUT2D eigenvalue weighted by atomic mass is 9.95. The number of pyridine rings is 1. The molecule has 1 saturated heterocycles. The van der Waals surface area contributed by atoms with Crippen LogP contribution < -0.4 is 0 Å². The third-order valence-corrected chi connectivity index (χ3v) is 4.68. The van der Waals surface area contributed by atoms with Crippen LogP contribution in [-0.4, -0.2) is 44.1 Å². The van der Waals surface area contributed by atoms with Gasteiger partial charge >= 0.3 is 0 Å². The van der Waals surface area contributed by atoms with E-state index in [9.17, 15) is 9.18 Å². The van der Waals surface area contributed by atoms with Gasteiger partial charge in [-0.15, -0.1) is 0 Å². The predicted octanol–water partition coefficient (Wildman–Crippen LogP) is 3.03. The molecule has 6 nitrogen and oxygen atoms in total. The van der Waals surface area contributed by atoms with Gasteiger partial charge in [0.25, 0.3) is 5.91 Å². The molecule has 7 heteroatoms. The highest BCUT2D eigenvalue weighted by atomic mass is 19.1. The van der Waals surface area contributed by atoms with Gasteiger partial charge in [-0.25, -0.2) is 9.37 Å². The molecule has 2 aromatic heterocycles. The third-order valence-electron chi connectivity index (χ3n) is 4.68. The van der Waals surface area contributed by atoms with Crippen molar-refractivity contribution < 1.29 is 9.18 Å². The van der Waals surface area contributed by atoms with Crippen molar-refractivity contribution in [1.29, 1.82) is 0 Å². The maximum absolute atomic E-state index is 13.0. The minimum absolute atomic E-state index is 0.0149. The fourth-order valence-corrected chi connectivity index (χ4v) is 3.21. The lowest BCUT2D eigenvalue weighted by Crippen LogP contribution is -2.38. The Hall–Kier alpha value is -3.09. The van der Waals surface area contributed by atoms with Crippen molar-refractivity contribution in [3.63, 3.8) is 0 Å². The van der Waals surface area contributed by atoms with Crippen LogP contribution in [0.15, 0.2) is 48.8 Å². The molecule has 26 heavy (non-hydrogen) atoms. The fraction of sp³-hybridized carbons (Fsp3) is 0.263. The molecule has 0 aliphatic carbocycles. The molecular formula is C19H18FN5O. The number of hydrogen-bond acceptors (Lipinski definition) is 4. The normalized spacial score (nSPS) is 15.2. The number of aromatic nitrogens is 4. The highest BCUT2D eigenvalue weighted by Crippen LogP contribution is 2.27. The minimum atomic E-state index is -0.282. The molecule has 0 atom stereocenters. The van der Waals surface area contributed by atoms with Crippen LogP contribution in [0, 0.1) is 5.82 Å². The zero-order valence-corrected chi connectivity index (χ0v) is 14.1. The SMILES string of the molecule is O=C(c1cccnc1)N1CCC(c2nc(-c3ccc(F)cc3)n[nH]2)CC1. The van der Waals surface area contributed by atoms with E-state index in [1.165, 1.54) is 12.1 Å². The first kappa shape index (κ1) is 16.4. The summed E-state index contributed by atoms with van der Waals surface area (Å²) in [5.74, 6) is 1.34. The van der Waals surface area contributed by atoms with Gasteiger partial charge in [0.1, 0.15) is 11.6 Å². The van der Waals surface area contributed by atoms with Gasteiger partial charge in [0, 0.05) is 37.0 Å². The van der Waals surface area contributed by atoms with Crippen LogP contribution in [0.25, 0.3) is 11.4 Å². The van der Waals surface area contributed by atoms with Crippen molar-refractivity contribution >= 4 is 5.91 Å². The van der Waals surface area contributed by atoms with E-state index in [0.29, 0.717) is 24.5 Å². The third kappa shape index (κ3) is 3.33. The Labute approximate surface area is 150 Å². The number of benzene rings is 1. The molecule has 0 spiro atoms. The zero-order valence-electron chi connectivity index (χ0n) is 14.1. The van der Waals surface area contributed by atoms with Gasteiger partial charge in [-0.2, -0.15) is 5.10 Å². The molecule has 1 aliphatic heterocycles. The van der Waals surface area contributed by atoms with Crippen LogP contribution in [0.5, 0.6) is 0 Å². The number of amides is 1.